The lowest BCUT2D eigenvalue weighted by Crippen LogP contribution is -2.29. The van der Waals surface area contributed by atoms with Crippen LogP contribution in [0.3, 0.4) is 0 Å². The summed E-state index contributed by atoms with van der Waals surface area (Å²) in [5.41, 5.74) is 1.07. The summed E-state index contributed by atoms with van der Waals surface area (Å²) in [7, 11) is 0. The number of allylic oxidation sites excluding steroid dienone is 3. The lowest BCUT2D eigenvalue weighted by molar-refractivity contribution is -0.148. The van der Waals surface area contributed by atoms with Crippen molar-refractivity contribution in [3.05, 3.63) is 59.7 Å². The summed E-state index contributed by atoms with van der Waals surface area (Å²) < 4.78 is 0. The number of carbonyl (C=O) groups is 2. The van der Waals surface area contributed by atoms with Crippen LogP contribution in [0.25, 0.3) is 0 Å². The quantitative estimate of drug-likeness (QED) is 0.872. The molecule has 0 heterocycles. The Morgan fingerprint density at radius 2 is 1.71 bits per heavy atom. The van der Waals surface area contributed by atoms with Gasteiger partial charge in [0.25, 0.3) is 0 Å². The van der Waals surface area contributed by atoms with Gasteiger partial charge in [-0.1, -0.05) is 55.5 Å². The van der Waals surface area contributed by atoms with E-state index in [4.69, 9.17) is 0 Å². The highest BCUT2D eigenvalue weighted by molar-refractivity contribution is 5.87. The number of hydrogen-bond donors (Lipinski definition) is 2. The second kappa shape index (κ2) is 6.39. The van der Waals surface area contributed by atoms with Crippen LogP contribution in [0.4, 0.5) is 0 Å². The van der Waals surface area contributed by atoms with Gasteiger partial charge in [0.1, 0.15) is 0 Å². The van der Waals surface area contributed by atoms with E-state index in [2.05, 4.69) is 0 Å². The van der Waals surface area contributed by atoms with Crippen molar-refractivity contribution < 1.29 is 19.8 Å². The van der Waals surface area contributed by atoms with Gasteiger partial charge < -0.3 is 10.2 Å². The standard InChI is InChI=1S/C17H18O4/c1-11-7-9-13(10-8-11)15(17(20)21)14(16(18)19)12-5-3-2-4-6-12/h2-7,9-11,14-15H,8H2,1H3,(H,18,19)(H,20,21)/t11?,14-,15+/m0/s1. The number of rotatable bonds is 5. The second-order valence-corrected chi connectivity index (χ2v) is 5.32. The van der Waals surface area contributed by atoms with E-state index in [1.54, 1.807) is 36.4 Å². The van der Waals surface area contributed by atoms with E-state index < -0.39 is 23.8 Å². The zero-order valence-electron chi connectivity index (χ0n) is 11.8. The lowest BCUT2D eigenvalue weighted by atomic mass is 9.78. The van der Waals surface area contributed by atoms with E-state index in [9.17, 15) is 19.8 Å². The molecule has 1 aliphatic carbocycles. The van der Waals surface area contributed by atoms with Gasteiger partial charge in [-0.05, 0) is 23.5 Å². The van der Waals surface area contributed by atoms with E-state index in [0.717, 1.165) is 6.42 Å². The first-order valence-corrected chi connectivity index (χ1v) is 6.89. The Morgan fingerprint density at radius 1 is 1.10 bits per heavy atom. The van der Waals surface area contributed by atoms with Crippen LogP contribution in [-0.2, 0) is 9.59 Å². The molecule has 4 nitrogen and oxygen atoms in total. The SMILES string of the molecule is CC1C=CC([C@@H](C(=O)O)[C@@H](C(=O)O)c2ccccc2)=CC1. The molecular weight excluding hydrogens is 268 g/mol. The van der Waals surface area contributed by atoms with Crippen molar-refractivity contribution >= 4 is 11.9 Å². The fraction of sp³-hybridized carbons (Fsp3) is 0.294. The Hall–Kier alpha value is -2.36. The third-order valence-electron chi connectivity index (χ3n) is 3.73. The fourth-order valence-electron chi connectivity index (χ4n) is 2.59. The predicted octanol–water partition coefficient (Wildman–Crippen LogP) is 3.08. The first kappa shape index (κ1) is 15.0. The molecule has 0 amide bonds. The Labute approximate surface area is 123 Å². The highest BCUT2D eigenvalue weighted by Crippen LogP contribution is 2.34. The molecule has 1 aliphatic rings. The average Bonchev–Trinajstić information content (AvgIpc) is 2.46. The largest absolute Gasteiger partial charge is 0.481 e. The van der Waals surface area contributed by atoms with Crippen LogP contribution in [-0.4, -0.2) is 22.2 Å². The van der Waals surface area contributed by atoms with Crippen molar-refractivity contribution in [3.63, 3.8) is 0 Å². The molecule has 0 saturated carbocycles. The van der Waals surface area contributed by atoms with E-state index in [1.165, 1.54) is 0 Å². The van der Waals surface area contributed by atoms with Gasteiger partial charge in [0.2, 0.25) is 0 Å². The predicted molar refractivity (Wildman–Crippen MR) is 78.9 cm³/mol. The lowest BCUT2D eigenvalue weighted by Gasteiger charge is -2.24. The van der Waals surface area contributed by atoms with E-state index in [1.807, 2.05) is 19.1 Å². The number of benzene rings is 1. The van der Waals surface area contributed by atoms with Gasteiger partial charge in [0.05, 0.1) is 11.8 Å². The highest BCUT2D eigenvalue weighted by Gasteiger charge is 2.37. The van der Waals surface area contributed by atoms with Crippen LogP contribution < -0.4 is 0 Å². The van der Waals surface area contributed by atoms with E-state index >= 15 is 0 Å². The van der Waals surface area contributed by atoms with Gasteiger partial charge in [-0.15, -0.1) is 0 Å². The molecule has 0 aliphatic heterocycles. The Morgan fingerprint density at radius 3 is 2.19 bits per heavy atom. The van der Waals surface area contributed by atoms with Crippen molar-refractivity contribution in [2.45, 2.75) is 19.3 Å². The van der Waals surface area contributed by atoms with E-state index in [0.29, 0.717) is 17.1 Å². The summed E-state index contributed by atoms with van der Waals surface area (Å²) in [5.74, 6) is -4.05. The fourth-order valence-corrected chi connectivity index (χ4v) is 2.59. The normalized spacial score (nSPS) is 20.4. The number of carboxylic acids is 2. The Bertz CT molecular complexity index is 586. The number of carboxylic acid groups (broad SMARTS) is 2. The average molecular weight is 286 g/mol. The second-order valence-electron chi connectivity index (χ2n) is 5.32. The molecule has 1 aromatic carbocycles. The third-order valence-corrected chi connectivity index (χ3v) is 3.73. The summed E-state index contributed by atoms with van der Waals surface area (Å²) in [6.07, 6.45) is 6.24. The topological polar surface area (TPSA) is 74.6 Å². The molecule has 4 heteroatoms. The van der Waals surface area contributed by atoms with Crippen molar-refractivity contribution in [1.29, 1.82) is 0 Å². The summed E-state index contributed by atoms with van der Waals surface area (Å²) in [6.45, 7) is 2.03. The van der Waals surface area contributed by atoms with Gasteiger partial charge in [-0.3, -0.25) is 9.59 Å². The summed E-state index contributed by atoms with van der Waals surface area (Å²) in [4.78, 5) is 23.3. The van der Waals surface area contributed by atoms with Gasteiger partial charge in [-0.2, -0.15) is 0 Å². The van der Waals surface area contributed by atoms with Gasteiger partial charge in [0.15, 0.2) is 0 Å². The van der Waals surface area contributed by atoms with Crippen LogP contribution in [0.1, 0.15) is 24.8 Å². The van der Waals surface area contributed by atoms with Crippen molar-refractivity contribution in [1.82, 2.24) is 0 Å². The van der Waals surface area contributed by atoms with Gasteiger partial charge in [0, 0.05) is 0 Å². The van der Waals surface area contributed by atoms with Crippen LogP contribution >= 0.6 is 0 Å². The molecule has 3 atom stereocenters. The Kier molecular flexibility index (Phi) is 4.58. The number of aliphatic carboxylic acids is 2. The molecule has 21 heavy (non-hydrogen) atoms. The molecule has 0 saturated heterocycles. The first-order valence-electron chi connectivity index (χ1n) is 6.89. The van der Waals surface area contributed by atoms with Crippen molar-refractivity contribution in [3.8, 4) is 0 Å². The summed E-state index contributed by atoms with van der Waals surface area (Å²) in [5, 5.41) is 19.0. The maximum Gasteiger partial charge on any atom is 0.312 e. The van der Waals surface area contributed by atoms with Gasteiger partial charge in [-0.25, -0.2) is 0 Å². The maximum atomic E-state index is 11.7. The minimum absolute atomic E-state index is 0.350. The third kappa shape index (κ3) is 3.40. The van der Waals surface area contributed by atoms with Crippen LogP contribution in [0.5, 0.6) is 0 Å². The molecule has 1 unspecified atom stereocenters. The molecule has 0 radical (unpaired) electrons. The molecule has 2 rings (SSSR count). The monoisotopic (exact) mass is 286 g/mol. The first-order chi connectivity index (χ1) is 10.0. The smallest absolute Gasteiger partial charge is 0.312 e. The van der Waals surface area contributed by atoms with Crippen molar-refractivity contribution in [2.75, 3.05) is 0 Å². The molecule has 0 bridgehead atoms. The molecule has 110 valence electrons. The minimum Gasteiger partial charge on any atom is -0.481 e. The molecule has 0 aromatic heterocycles. The van der Waals surface area contributed by atoms with Crippen LogP contribution in [0.2, 0.25) is 0 Å². The van der Waals surface area contributed by atoms with Crippen LogP contribution in [0, 0.1) is 11.8 Å². The van der Waals surface area contributed by atoms with Crippen molar-refractivity contribution in [2.24, 2.45) is 11.8 Å². The van der Waals surface area contributed by atoms with Gasteiger partial charge >= 0.3 is 11.9 Å². The minimum atomic E-state index is -1.12. The Balaban J connectivity index is 2.42. The molecule has 1 aromatic rings. The number of hydrogen-bond acceptors (Lipinski definition) is 2. The zero-order chi connectivity index (χ0) is 15.4. The van der Waals surface area contributed by atoms with Crippen LogP contribution in [0.15, 0.2) is 54.1 Å². The molecular formula is C17H18O4. The summed E-state index contributed by atoms with van der Waals surface area (Å²) in [6, 6.07) is 8.53. The van der Waals surface area contributed by atoms with E-state index in [-0.39, 0.29) is 0 Å². The summed E-state index contributed by atoms with van der Waals surface area (Å²) >= 11 is 0. The molecule has 0 spiro atoms. The zero-order valence-corrected chi connectivity index (χ0v) is 11.8. The highest BCUT2D eigenvalue weighted by atomic mass is 16.4. The molecule has 0 fully saturated rings. The maximum absolute atomic E-state index is 11.7. The molecule has 2 N–H and O–H groups in total.